The lowest BCUT2D eigenvalue weighted by Crippen LogP contribution is -2.34. The van der Waals surface area contributed by atoms with Gasteiger partial charge >= 0.3 is 12.2 Å². The van der Waals surface area contributed by atoms with E-state index in [1.54, 1.807) is 44.2 Å². The number of para-hydroxylation sites is 2. The number of ether oxygens (including phenoxy) is 1. The summed E-state index contributed by atoms with van der Waals surface area (Å²) in [6.07, 6.45) is 6.60. The first-order valence-corrected chi connectivity index (χ1v) is 17.1. The molecule has 2 bridgehead atoms. The summed E-state index contributed by atoms with van der Waals surface area (Å²) in [5.74, 6) is 2.51. The second-order valence-electron chi connectivity index (χ2n) is 12.5. The van der Waals surface area contributed by atoms with E-state index < -0.39 is 12.2 Å². The number of hydrogen-bond donors (Lipinski definition) is 7. The van der Waals surface area contributed by atoms with Gasteiger partial charge in [-0.25, -0.2) is 9.59 Å². The van der Waals surface area contributed by atoms with Crippen molar-refractivity contribution in [2.45, 2.75) is 58.7 Å². The lowest BCUT2D eigenvalue weighted by molar-refractivity contribution is -0.107. The number of carbonyl (C=O) groups is 3. The number of alkyl carbamates (subject to hydrolysis) is 1. The van der Waals surface area contributed by atoms with Gasteiger partial charge in [-0.1, -0.05) is 55.5 Å². The topological polar surface area (TPSA) is 181 Å². The molecule has 3 aromatic carbocycles. The van der Waals surface area contributed by atoms with Gasteiger partial charge in [-0.2, -0.15) is 0 Å². The largest absolute Gasteiger partial charge is 0.508 e. The molecule has 50 heavy (non-hydrogen) atoms. The third-order valence-corrected chi connectivity index (χ3v) is 9.27. The SMILES string of the molecule is C1CC23CC1CC2C3.CCNCc1ccccc1Nc1ccccc1CO.CO.O=CCNC(=O)OCCN(Cc1ccc(O)cc1)C(=O)O. The van der Waals surface area contributed by atoms with Crippen LogP contribution in [-0.2, 0) is 29.2 Å². The number of phenolic OH excluding ortho intramolecular Hbond substituents is 1. The zero-order chi connectivity index (χ0) is 36.4. The minimum atomic E-state index is -1.15. The van der Waals surface area contributed by atoms with Crippen LogP contribution in [-0.4, -0.2) is 77.1 Å². The average molecular weight is 693 g/mol. The van der Waals surface area contributed by atoms with E-state index in [1.807, 2.05) is 36.4 Å². The Morgan fingerprint density at radius 3 is 2.18 bits per heavy atom. The van der Waals surface area contributed by atoms with E-state index in [2.05, 4.69) is 35.0 Å². The number of carbonyl (C=O) groups excluding carboxylic acids is 2. The maximum absolute atomic E-state index is 11.1. The fraction of sp³-hybridized carbons (Fsp3) is 0.447. The number of aromatic hydroxyl groups is 1. The molecule has 272 valence electrons. The number of benzene rings is 3. The molecule has 12 heteroatoms. The molecule has 6 rings (SSSR count). The monoisotopic (exact) mass is 692 g/mol. The van der Waals surface area contributed by atoms with E-state index >= 15 is 0 Å². The fourth-order valence-corrected chi connectivity index (χ4v) is 6.67. The lowest BCUT2D eigenvalue weighted by Gasteiger charge is -2.19. The Labute approximate surface area is 294 Å². The number of aldehydes is 1. The average Bonchev–Trinajstić information content (AvgIpc) is 3.54. The first-order valence-electron chi connectivity index (χ1n) is 17.1. The smallest absolute Gasteiger partial charge is 0.407 e. The van der Waals surface area contributed by atoms with Crippen LogP contribution in [0.4, 0.5) is 21.0 Å². The van der Waals surface area contributed by atoms with Crippen LogP contribution < -0.4 is 16.0 Å². The van der Waals surface area contributed by atoms with Crippen LogP contribution in [0.15, 0.2) is 72.8 Å². The molecule has 0 aromatic heterocycles. The van der Waals surface area contributed by atoms with Crippen molar-refractivity contribution in [2.24, 2.45) is 17.3 Å². The number of anilines is 2. The van der Waals surface area contributed by atoms with Crippen molar-refractivity contribution in [3.63, 3.8) is 0 Å². The van der Waals surface area contributed by atoms with Crippen molar-refractivity contribution in [1.82, 2.24) is 15.5 Å². The van der Waals surface area contributed by atoms with Crippen LogP contribution in [0.1, 0.15) is 55.7 Å². The highest BCUT2D eigenvalue weighted by molar-refractivity contribution is 5.71. The number of rotatable bonds is 13. The van der Waals surface area contributed by atoms with Crippen LogP contribution in [0.5, 0.6) is 5.75 Å². The Kier molecular flexibility index (Phi) is 16.5. The normalized spacial score (nSPS) is 18.7. The first kappa shape index (κ1) is 39.8. The minimum absolute atomic E-state index is 0.00921. The summed E-state index contributed by atoms with van der Waals surface area (Å²) in [7, 11) is 1.00. The van der Waals surface area contributed by atoms with Gasteiger partial charge in [0.2, 0.25) is 0 Å². The van der Waals surface area contributed by atoms with E-state index in [-0.39, 0.29) is 38.6 Å². The van der Waals surface area contributed by atoms with E-state index in [0.29, 0.717) is 11.8 Å². The van der Waals surface area contributed by atoms with Crippen LogP contribution in [0.3, 0.4) is 0 Å². The minimum Gasteiger partial charge on any atom is -0.508 e. The summed E-state index contributed by atoms with van der Waals surface area (Å²) in [4.78, 5) is 33.3. The van der Waals surface area contributed by atoms with Crippen molar-refractivity contribution in [3.8, 4) is 5.75 Å². The Morgan fingerprint density at radius 2 is 1.64 bits per heavy atom. The Morgan fingerprint density at radius 1 is 0.980 bits per heavy atom. The molecular formula is C38H52N4O8. The van der Waals surface area contributed by atoms with Gasteiger partial charge in [0.15, 0.2) is 0 Å². The van der Waals surface area contributed by atoms with Crippen molar-refractivity contribution in [1.29, 1.82) is 0 Å². The highest BCUT2D eigenvalue weighted by Gasteiger charge is 2.62. The molecule has 0 heterocycles. The maximum atomic E-state index is 11.1. The van der Waals surface area contributed by atoms with E-state index in [1.165, 1.54) is 29.5 Å². The molecule has 3 fully saturated rings. The summed E-state index contributed by atoms with van der Waals surface area (Å²) >= 11 is 0. The van der Waals surface area contributed by atoms with Crippen molar-refractivity contribution >= 4 is 29.8 Å². The molecule has 3 unspecified atom stereocenters. The Hall–Kier alpha value is -4.65. The molecule has 3 atom stereocenters. The Balaban J connectivity index is 0.000000212. The third kappa shape index (κ3) is 12.3. The summed E-state index contributed by atoms with van der Waals surface area (Å²) in [6, 6.07) is 22.1. The second kappa shape index (κ2) is 20.8. The van der Waals surface area contributed by atoms with E-state index in [0.717, 1.165) is 47.5 Å². The summed E-state index contributed by atoms with van der Waals surface area (Å²) in [6.45, 7) is 3.72. The van der Waals surface area contributed by atoms with E-state index in [4.69, 9.17) is 20.1 Å². The third-order valence-electron chi connectivity index (χ3n) is 9.27. The standard InChI is InChI=1S/C16H20N2O.C13H16N2O6.C8H12.CH4O/c1-2-17-11-13-7-3-5-9-15(13)18-16-10-6-4-8-14(16)12-19;16-7-5-14-12(18)21-8-6-15(13(19)20)9-10-1-3-11(17)4-2-10;1-2-8-4-6(1)3-7(8)5-8;1-2/h3-10,17-19H,2,11-12H2,1H3;1-4,7,17H,5-6,8-9H2,(H,14,18)(H,19,20);6-7H,1-5H2;2H,1H3. The van der Waals surface area contributed by atoms with Gasteiger partial charge in [-0.3, -0.25) is 0 Å². The number of nitrogens with zero attached hydrogens (tertiary/aromatic N) is 1. The molecule has 3 saturated carbocycles. The van der Waals surface area contributed by atoms with Gasteiger partial charge in [0.25, 0.3) is 0 Å². The van der Waals surface area contributed by atoms with Crippen LogP contribution >= 0.6 is 0 Å². The number of phenols is 1. The molecule has 12 nitrogen and oxygen atoms in total. The number of aliphatic hydroxyl groups is 2. The summed E-state index contributed by atoms with van der Waals surface area (Å²) < 4.78 is 4.73. The van der Waals surface area contributed by atoms with Gasteiger partial charge in [-0.15, -0.1) is 0 Å². The molecule has 3 aliphatic carbocycles. The maximum Gasteiger partial charge on any atom is 0.407 e. The molecule has 0 saturated heterocycles. The quantitative estimate of drug-likeness (QED) is 0.111. The molecule has 2 amide bonds. The van der Waals surface area contributed by atoms with Gasteiger partial charge in [0.05, 0.1) is 19.7 Å². The molecule has 1 spiro atoms. The predicted octanol–water partition coefficient (Wildman–Crippen LogP) is 5.63. The molecule has 7 N–H and O–H groups in total. The number of fused-ring (bicyclic) bond motifs is 1. The van der Waals surface area contributed by atoms with Gasteiger partial charge < -0.3 is 50.8 Å². The van der Waals surface area contributed by atoms with E-state index in [9.17, 15) is 19.5 Å². The molecular weight excluding hydrogens is 640 g/mol. The summed E-state index contributed by atoms with van der Waals surface area (Å²) in [5, 5.41) is 43.5. The molecule has 0 radical (unpaired) electrons. The molecule has 0 aliphatic heterocycles. The Bertz CT molecular complexity index is 1490. The number of nitrogens with one attached hydrogen (secondary N) is 3. The van der Waals surface area contributed by atoms with Gasteiger partial charge in [0.1, 0.15) is 18.6 Å². The number of amides is 2. The zero-order valence-electron chi connectivity index (χ0n) is 29.0. The predicted molar refractivity (Wildman–Crippen MR) is 192 cm³/mol. The number of aliphatic hydroxyl groups excluding tert-OH is 2. The zero-order valence-corrected chi connectivity index (χ0v) is 29.0. The second-order valence-corrected chi connectivity index (χ2v) is 12.5. The van der Waals surface area contributed by atoms with Crippen molar-refractivity contribution in [2.75, 3.05) is 38.7 Å². The van der Waals surface area contributed by atoms with Crippen LogP contribution in [0.2, 0.25) is 0 Å². The highest BCUT2D eigenvalue weighted by atomic mass is 16.5. The summed E-state index contributed by atoms with van der Waals surface area (Å²) in [5.41, 5.74) is 5.82. The van der Waals surface area contributed by atoms with Crippen LogP contribution in [0, 0.1) is 17.3 Å². The number of hydrogen-bond acceptors (Lipinski definition) is 9. The lowest BCUT2D eigenvalue weighted by atomic mass is 10.0. The first-order chi connectivity index (χ1) is 24.3. The van der Waals surface area contributed by atoms with Gasteiger partial charge in [-0.05, 0) is 91.3 Å². The van der Waals surface area contributed by atoms with Crippen molar-refractivity contribution in [3.05, 3.63) is 89.5 Å². The van der Waals surface area contributed by atoms with Crippen molar-refractivity contribution < 1.29 is 39.5 Å². The van der Waals surface area contributed by atoms with Crippen LogP contribution in [0.25, 0.3) is 0 Å². The fourth-order valence-electron chi connectivity index (χ4n) is 6.67. The van der Waals surface area contributed by atoms with Gasteiger partial charge in [0, 0.05) is 37.1 Å². The molecule has 3 aromatic rings. The highest BCUT2D eigenvalue weighted by Crippen LogP contribution is 2.73. The molecule has 3 aliphatic rings. The number of carboxylic acid groups (broad SMARTS) is 1.